The second kappa shape index (κ2) is 7.13. The Morgan fingerprint density at radius 2 is 1.83 bits per heavy atom. The van der Waals surface area contributed by atoms with Crippen LogP contribution in [-0.2, 0) is 11.3 Å². The number of carbonyl (C=O) groups is 1. The summed E-state index contributed by atoms with van der Waals surface area (Å²) in [5.41, 5.74) is 1.92. The van der Waals surface area contributed by atoms with Crippen molar-refractivity contribution in [2.75, 3.05) is 13.1 Å². The van der Waals surface area contributed by atoms with E-state index in [1.54, 1.807) is 6.08 Å². The fourth-order valence-corrected chi connectivity index (χ4v) is 2.65. The lowest BCUT2D eigenvalue weighted by molar-refractivity contribution is 0.0907. The van der Waals surface area contributed by atoms with Crippen LogP contribution in [0.4, 0.5) is 13.6 Å². The van der Waals surface area contributed by atoms with E-state index < -0.39 is 17.7 Å². The van der Waals surface area contributed by atoms with Gasteiger partial charge in [-0.1, -0.05) is 36.4 Å². The lowest BCUT2D eigenvalue weighted by Gasteiger charge is -2.33. The average molecular weight is 394 g/mol. The minimum absolute atomic E-state index is 0.0851. The van der Waals surface area contributed by atoms with E-state index in [0.717, 1.165) is 11.1 Å². The maximum Gasteiger partial charge on any atom is 0.410 e. The lowest BCUT2D eigenvalue weighted by atomic mass is 10.0. The van der Waals surface area contributed by atoms with Crippen LogP contribution in [0.15, 0.2) is 52.5 Å². The molecule has 0 N–H and O–H groups in total. The van der Waals surface area contributed by atoms with E-state index in [-0.39, 0.29) is 16.6 Å². The molecular formula is C18H14BrF2NO2. The van der Waals surface area contributed by atoms with Crippen molar-refractivity contribution in [2.24, 2.45) is 0 Å². The first kappa shape index (κ1) is 16.6. The molecule has 3 nitrogen and oxygen atoms in total. The van der Waals surface area contributed by atoms with E-state index in [2.05, 4.69) is 15.9 Å². The zero-order valence-electron chi connectivity index (χ0n) is 12.6. The summed E-state index contributed by atoms with van der Waals surface area (Å²) in [7, 11) is 0. The fourth-order valence-electron chi connectivity index (χ4n) is 2.35. The van der Waals surface area contributed by atoms with Gasteiger partial charge in [-0.15, -0.1) is 0 Å². The van der Waals surface area contributed by atoms with Crippen molar-refractivity contribution < 1.29 is 18.3 Å². The zero-order valence-corrected chi connectivity index (χ0v) is 14.2. The van der Waals surface area contributed by atoms with Gasteiger partial charge in [-0.2, -0.15) is 0 Å². The highest BCUT2D eigenvalue weighted by Crippen LogP contribution is 2.25. The number of hydrogen-bond acceptors (Lipinski definition) is 2. The third kappa shape index (κ3) is 3.64. The molecule has 0 aliphatic carbocycles. The summed E-state index contributed by atoms with van der Waals surface area (Å²) in [4.78, 5) is 13.4. The Bertz CT molecular complexity index is 785. The molecule has 0 atom stereocenters. The molecule has 6 heteroatoms. The highest BCUT2D eigenvalue weighted by molar-refractivity contribution is 9.10. The van der Waals surface area contributed by atoms with Gasteiger partial charge < -0.3 is 9.64 Å². The summed E-state index contributed by atoms with van der Waals surface area (Å²) in [5.74, 6) is -1.82. The fraction of sp³-hybridized carbons (Fsp3) is 0.167. The largest absolute Gasteiger partial charge is 0.445 e. The number of benzene rings is 2. The Hall–Kier alpha value is -2.21. The Balaban J connectivity index is 1.55. The number of ether oxygens (including phenoxy) is 1. The summed E-state index contributed by atoms with van der Waals surface area (Å²) in [6, 6.07) is 12.3. The van der Waals surface area contributed by atoms with E-state index in [4.69, 9.17) is 4.74 Å². The van der Waals surface area contributed by atoms with Gasteiger partial charge in [0.2, 0.25) is 0 Å². The number of nitrogens with zero attached hydrogens (tertiary/aromatic N) is 1. The van der Waals surface area contributed by atoms with Gasteiger partial charge in [0.15, 0.2) is 11.6 Å². The lowest BCUT2D eigenvalue weighted by Crippen LogP contribution is -2.44. The summed E-state index contributed by atoms with van der Waals surface area (Å²) >= 11 is 2.94. The van der Waals surface area contributed by atoms with Gasteiger partial charge >= 0.3 is 6.09 Å². The maximum absolute atomic E-state index is 13.8. The summed E-state index contributed by atoms with van der Waals surface area (Å²) in [5, 5.41) is 0. The first-order valence-electron chi connectivity index (χ1n) is 7.33. The number of rotatable bonds is 3. The number of likely N-dealkylation sites (tertiary alicyclic amines) is 1. The summed E-state index contributed by atoms with van der Waals surface area (Å²) in [6.45, 7) is 0.914. The van der Waals surface area contributed by atoms with E-state index in [1.807, 2.05) is 30.3 Å². The minimum Gasteiger partial charge on any atom is -0.445 e. The van der Waals surface area contributed by atoms with Gasteiger partial charge in [0.05, 0.1) is 4.47 Å². The van der Waals surface area contributed by atoms with Crippen LogP contribution in [0.25, 0.3) is 6.08 Å². The molecule has 1 fully saturated rings. The molecule has 24 heavy (non-hydrogen) atoms. The van der Waals surface area contributed by atoms with Crippen molar-refractivity contribution in [3.05, 3.63) is 75.3 Å². The van der Waals surface area contributed by atoms with Gasteiger partial charge in [-0.25, -0.2) is 13.6 Å². The van der Waals surface area contributed by atoms with E-state index in [1.165, 1.54) is 17.0 Å². The predicted octanol–water partition coefficient (Wildman–Crippen LogP) is 4.76. The number of hydrogen-bond donors (Lipinski definition) is 0. The first-order chi connectivity index (χ1) is 11.5. The molecule has 3 rings (SSSR count). The van der Waals surface area contributed by atoms with Crippen LogP contribution < -0.4 is 0 Å². The summed E-state index contributed by atoms with van der Waals surface area (Å²) in [6.07, 6.45) is 1.14. The van der Waals surface area contributed by atoms with Crippen LogP contribution in [0.3, 0.4) is 0 Å². The molecule has 1 amide bonds. The quantitative estimate of drug-likeness (QED) is 0.703. The number of amides is 1. The van der Waals surface area contributed by atoms with Crippen LogP contribution in [0.2, 0.25) is 0 Å². The molecule has 1 aliphatic heterocycles. The maximum atomic E-state index is 13.8. The molecule has 0 unspecified atom stereocenters. The Morgan fingerprint density at radius 1 is 1.12 bits per heavy atom. The van der Waals surface area contributed by atoms with Crippen molar-refractivity contribution in [3.63, 3.8) is 0 Å². The van der Waals surface area contributed by atoms with Gasteiger partial charge in [0.25, 0.3) is 0 Å². The van der Waals surface area contributed by atoms with E-state index in [9.17, 15) is 13.6 Å². The second-order valence-corrected chi connectivity index (χ2v) is 6.32. The van der Waals surface area contributed by atoms with Crippen LogP contribution in [0.1, 0.15) is 11.1 Å². The van der Waals surface area contributed by atoms with Crippen LogP contribution in [0, 0.1) is 11.6 Å². The molecule has 124 valence electrons. The molecule has 1 heterocycles. The van der Waals surface area contributed by atoms with Crippen molar-refractivity contribution >= 4 is 28.1 Å². The van der Waals surface area contributed by atoms with Crippen molar-refractivity contribution in [3.8, 4) is 0 Å². The minimum atomic E-state index is -0.914. The molecular weight excluding hydrogens is 380 g/mol. The normalized spacial score (nSPS) is 13.5. The van der Waals surface area contributed by atoms with Gasteiger partial charge in [0.1, 0.15) is 6.61 Å². The Kier molecular flexibility index (Phi) is 4.94. The molecule has 0 radical (unpaired) electrons. The van der Waals surface area contributed by atoms with E-state index >= 15 is 0 Å². The standard InChI is InChI=1S/C18H14BrF2NO2/c19-15-7-6-14(16(20)17(15)21)8-13-9-22(10-13)18(23)24-11-12-4-2-1-3-5-12/h1-8H,9-11H2. The molecule has 0 saturated carbocycles. The van der Waals surface area contributed by atoms with Gasteiger partial charge in [-0.3, -0.25) is 0 Å². The van der Waals surface area contributed by atoms with Gasteiger partial charge in [-0.05, 0) is 39.2 Å². The van der Waals surface area contributed by atoms with Crippen molar-refractivity contribution in [2.45, 2.75) is 6.61 Å². The third-order valence-electron chi connectivity index (χ3n) is 3.68. The molecule has 1 saturated heterocycles. The second-order valence-electron chi connectivity index (χ2n) is 5.46. The highest BCUT2D eigenvalue weighted by Gasteiger charge is 2.27. The predicted molar refractivity (Wildman–Crippen MR) is 90.2 cm³/mol. The molecule has 0 aromatic heterocycles. The molecule has 1 aliphatic rings. The topological polar surface area (TPSA) is 29.5 Å². The SMILES string of the molecule is O=C(OCc1ccccc1)N1CC(=Cc2ccc(Br)c(F)c2F)C1. The molecule has 0 spiro atoms. The average Bonchev–Trinajstić information content (AvgIpc) is 2.56. The van der Waals surface area contributed by atoms with Gasteiger partial charge in [0, 0.05) is 18.7 Å². The molecule has 2 aromatic rings. The van der Waals surface area contributed by atoms with Crippen molar-refractivity contribution in [1.29, 1.82) is 0 Å². The zero-order chi connectivity index (χ0) is 17.1. The number of carbonyl (C=O) groups excluding carboxylic acids is 1. The monoisotopic (exact) mass is 393 g/mol. The first-order valence-corrected chi connectivity index (χ1v) is 8.12. The summed E-state index contributed by atoms with van der Waals surface area (Å²) < 4.78 is 32.6. The Morgan fingerprint density at radius 3 is 2.54 bits per heavy atom. The smallest absolute Gasteiger partial charge is 0.410 e. The van der Waals surface area contributed by atoms with E-state index in [0.29, 0.717) is 13.1 Å². The van der Waals surface area contributed by atoms with Crippen molar-refractivity contribution in [1.82, 2.24) is 4.90 Å². The Labute approximate surface area is 146 Å². The molecule has 2 aromatic carbocycles. The number of halogens is 3. The third-order valence-corrected chi connectivity index (χ3v) is 4.29. The highest BCUT2D eigenvalue weighted by atomic mass is 79.9. The van der Waals surface area contributed by atoms with Crippen LogP contribution in [-0.4, -0.2) is 24.1 Å². The van der Waals surface area contributed by atoms with Crippen LogP contribution in [0.5, 0.6) is 0 Å². The molecule has 0 bridgehead atoms. The van der Waals surface area contributed by atoms with Crippen LogP contribution >= 0.6 is 15.9 Å².